The van der Waals surface area contributed by atoms with Crippen LogP contribution in [-0.4, -0.2) is 23.1 Å². The van der Waals surface area contributed by atoms with Crippen molar-refractivity contribution in [1.29, 1.82) is 0 Å². The molecule has 0 unspecified atom stereocenters. The minimum atomic E-state index is 0. The molecule has 0 radical (unpaired) electrons. The molecule has 0 saturated heterocycles. The predicted molar refractivity (Wildman–Crippen MR) is 55.5 cm³/mol. The average molecular weight is 243 g/mol. The Morgan fingerprint density at radius 3 is 2.29 bits per heavy atom. The molecule has 1 rings (SSSR count). The normalized spacial score (nSPS) is 7.86. The molecule has 14 heavy (non-hydrogen) atoms. The van der Waals surface area contributed by atoms with Gasteiger partial charge in [0.15, 0.2) is 0 Å². The maximum atomic E-state index is 2.27. The zero-order valence-electron chi connectivity index (χ0n) is 8.89. The van der Waals surface area contributed by atoms with E-state index in [-0.39, 0.29) is 47.9 Å². The molecule has 0 aliphatic heterocycles. The molecule has 0 amide bonds. The maximum Gasteiger partial charge on any atom is 2.00 e. The van der Waals surface area contributed by atoms with Gasteiger partial charge in [0, 0.05) is 0 Å². The Kier molecular flexibility index (Phi) is 16.7. The van der Waals surface area contributed by atoms with Gasteiger partial charge >= 0.3 is 23.1 Å². The summed E-state index contributed by atoms with van der Waals surface area (Å²) >= 11 is 0. The second-order valence-electron chi connectivity index (χ2n) is 3.09. The minimum Gasteiger partial charge on any atom is -1.00 e. The Morgan fingerprint density at radius 1 is 1.14 bits per heavy atom. The van der Waals surface area contributed by atoms with Gasteiger partial charge in [-0.1, -0.05) is 43.2 Å². The van der Waals surface area contributed by atoms with E-state index in [4.69, 9.17) is 0 Å². The number of unbranched alkanes of at least 4 members (excludes halogenated alkanes) is 1. The molecular formula is C11H16Cl2Mg. The zero-order chi connectivity index (χ0) is 8.10. The van der Waals surface area contributed by atoms with E-state index >= 15 is 0 Å². The Morgan fingerprint density at radius 2 is 1.79 bits per heavy atom. The molecule has 1 aromatic rings. The molecule has 76 valence electrons. The van der Waals surface area contributed by atoms with Crippen molar-refractivity contribution in [3.63, 3.8) is 0 Å². The number of halogens is 2. The van der Waals surface area contributed by atoms with Crippen LogP contribution in [-0.2, 0) is 6.42 Å². The Balaban J connectivity index is -0.000000403. The Hall–Kier alpha value is 0.566. The van der Waals surface area contributed by atoms with Crippen molar-refractivity contribution >= 4 is 23.1 Å². The SMILES string of the molecule is CCCCc1cccc(C)c1.[Cl-].[Cl-].[Mg+2]. The quantitative estimate of drug-likeness (QED) is 0.496. The van der Waals surface area contributed by atoms with Crippen LogP contribution < -0.4 is 24.8 Å². The molecule has 0 fully saturated rings. The van der Waals surface area contributed by atoms with Crippen molar-refractivity contribution in [2.75, 3.05) is 0 Å². The van der Waals surface area contributed by atoms with Crippen LogP contribution in [0.15, 0.2) is 24.3 Å². The minimum absolute atomic E-state index is 0. The predicted octanol–water partition coefficient (Wildman–Crippen LogP) is -3.04. The van der Waals surface area contributed by atoms with E-state index in [1.165, 1.54) is 30.4 Å². The summed E-state index contributed by atoms with van der Waals surface area (Å²) in [7, 11) is 0. The molecule has 0 bridgehead atoms. The van der Waals surface area contributed by atoms with Gasteiger partial charge in [-0.15, -0.1) is 0 Å². The van der Waals surface area contributed by atoms with E-state index < -0.39 is 0 Å². The first-order chi connectivity index (χ1) is 5.33. The first-order valence-electron chi connectivity index (χ1n) is 4.38. The van der Waals surface area contributed by atoms with Crippen molar-refractivity contribution in [2.45, 2.75) is 33.1 Å². The molecule has 0 N–H and O–H groups in total. The topological polar surface area (TPSA) is 0 Å². The third-order valence-corrected chi connectivity index (χ3v) is 1.90. The number of benzene rings is 1. The van der Waals surface area contributed by atoms with Gasteiger partial charge in [-0.2, -0.15) is 0 Å². The monoisotopic (exact) mass is 242 g/mol. The summed E-state index contributed by atoms with van der Waals surface area (Å²) in [5, 5.41) is 0. The molecule has 0 spiro atoms. The van der Waals surface area contributed by atoms with E-state index in [1.54, 1.807) is 0 Å². The first-order valence-corrected chi connectivity index (χ1v) is 4.38. The van der Waals surface area contributed by atoms with Gasteiger partial charge < -0.3 is 24.8 Å². The van der Waals surface area contributed by atoms with Gasteiger partial charge in [0.05, 0.1) is 0 Å². The van der Waals surface area contributed by atoms with Crippen molar-refractivity contribution in [3.8, 4) is 0 Å². The van der Waals surface area contributed by atoms with Crippen LogP contribution in [0, 0.1) is 6.92 Å². The third-order valence-electron chi connectivity index (χ3n) is 1.90. The van der Waals surface area contributed by atoms with Crippen LogP contribution in [0.25, 0.3) is 0 Å². The van der Waals surface area contributed by atoms with E-state index in [0.29, 0.717) is 0 Å². The van der Waals surface area contributed by atoms with Crippen LogP contribution in [0.2, 0.25) is 0 Å². The smallest absolute Gasteiger partial charge is 1.00 e. The van der Waals surface area contributed by atoms with E-state index in [9.17, 15) is 0 Å². The number of rotatable bonds is 3. The summed E-state index contributed by atoms with van der Waals surface area (Å²) in [5.41, 5.74) is 2.85. The van der Waals surface area contributed by atoms with Gasteiger partial charge in [0.1, 0.15) is 0 Å². The van der Waals surface area contributed by atoms with Crippen LogP contribution >= 0.6 is 0 Å². The molecule has 1 aromatic carbocycles. The van der Waals surface area contributed by atoms with Crippen molar-refractivity contribution in [3.05, 3.63) is 35.4 Å². The number of hydrogen-bond acceptors (Lipinski definition) is 0. The standard InChI is InChI=1S/C11H16.2ClH.Mg/c1-3-4-7-11-8-5-6-10(2)9-11;;;/h5-6,8-9H,3-4,7H2,1-2H3;2*1H;/q;;;+2/p-2. The zero-order valence-corrected chi connectivity index (χ0v) is 11.8. The summed E-state index contributed by atoms with van der Waals surface area (Å²) in [6, 6.07) is 8.77. The maximum absolute atomic E-state index is 2.27. The molecule has 0 aliphatic carbocycles. The van der Waals surface area contributed by atoms with Gasteiger partial charge in [0.2, 0.25) is 0 Å². The average Bonchev–Trinajstić information content (AvgIpc) is 2.01. The van der Waals surface area contributed by atoms with Gasteiger partial charge in [0.25, 0.3) is 0 Å². The summed E-state index contributed by atoms with van der Waals surface area (Å²) in [6.07, 6.45) is 3.83. The molecule has 0 nitrogen and oxygen atoms in total. The van der Waals surface area contributed by atoms with E-state index in [2.05, 4.69) is 38.1 Å². The van der Waals surface area contributed by atoms with Crippen molar-refractivity contribution in [2.24, 2.45) is 0 Å². The molecular weight excluding hydrogens is 227 g/mol. The molecule has 0 saturated carbocycles. The summed E-state index contributed by atoms with van der Waals surface area (Å²) in [6.45, 7) is 4.38. The Labute approximate surface area is 116 Å². The van der Waals surface area contributed by atoms with Crippen LogP contribution in [0.3, 0.4) is 0 Å². The van der Waals surface area contributed by atoms with Crippen LogP contribution in [0.1, 0.15) is 30.9 Å². The van der Waals surface area contributed by atoms with Crippen molar-refractivity contribution in [1.82, 2.24) is 0 Å². The largest absolute Gasteiger partial charge is 2.00 e. The second kappa shape index (κ2) is 11.6. The van der Waals surface area contributed by atoms with E-state index in [0.717, 1.165) is 0 Å². The number of aryl methyl sites for hydroxylation is 2. The fourth-order valence-electron chi connectivity index (χ4n) is 1.25. The van der Waals surface area contributed by atoms with Crippen LogP contribution in [0.4, 0.5) is 0 Å². The summed E-state index contributed by atoms with van der Waals surface area (Å²) < 4.78 is 0. The number of hydrogen-bond donors (Lipinski definition) is 0. The fourth-order valence-corrected chi connectivity index (χ4v) is 1.25. The van der Waals surface area contributed by atoms with Crippen molar-refractivity contribution < 1.29 is 24.8 Å². The summed E-state index contributed by atoms with van der Waals surface area (Å²) in [5.74, 6) is 0. The third kappa shape index (κ3) is 7.92. The fraction of sp³-hybridized carbons (Fsp3) is 0.455. The van der Waals surface area contributed by atoms with E-state index in [1.807, 2.05) is 0 Å². The van der Waals surface area contributed by atoms with Gasteiger partial charge in [-0.05, 0) is 25.3 Å². The molecule has 0 aliphatic rings. The second-order valence-corrected chi connectivity index (χ2v) is 3.09. The Bertz CT molecular complexity index is 226. The first kappa shape index (κ1) is 20.0. The molecule has 0 aromatic heterocycles. The van der Waals surface area contributed by atoms with Gasteiger partial charge in [-0.25, -0.2) is 0 Å². The van der Waals surface area contributed by atoms with Gasteiger partial charge in [-0.3, -0.25) is 0 Å². The summed E-state index contributed by atoms with van der Waals surface area (Å²) in [4.78, 5) is 0. The molecule has 3 heteroatoms. The molecule has 0 atom stereocenters. The molecule has 0 heterocycles. The van der Waals surface area contributed by atoms with Crippen LogP contribution in [0.5, 0.6) is 0 Å².